The molecule has 0 saturated carbocycles. The van der Waals surface area contributed by atoms with Gasteiger partial charge in [0.15, 0.2) is 0 Å². The molecule has 0 radical (unpaired) electrons. The Morgan fingerprint density at radius 3 is 1.78 bits per heavy atom. The van der Waals surface area contributed by atoms with Gasteiger partial charge in [0.2, 0.25) is 0 Å². The van der Waals surface area contributed by atoms with E-state index in [0.717, 1.165) is 0 Å². The molecule has 0 aromatic heterocycles. The molecule has 6 nitrogen and oxygen atoms in total. The Labute approximate surface area is 48.6 Å². The van der Waals surface area contributed by atoms with E-state index in [1.54, 1.807) is 0 Å². The van der Waals surface area contributed by atoms with Crippen LogP contribution in [0.25, 0.3) is 0 Å². The van der Waals surface area contributed by atoms with Crippen molar-refractivity contribution in [1.82, 2.24) is 0 Å². The predicted molar refractivity (Wildman–Crippen MR) is 21.4 cm³/mol. The number of hydrogen-bond acceptors (Lipinski definition) is 5. The van der Waals surface area contributed by atoms with Crippen molar-refractivity contribution in [2.75, 3.05) is 0 Å². The fourth-order valence-corrected chi connectivity index (χ4v) is 0.129. The van der Waals surface area contributed by atoms with Crippen molar-refractivity contribution >= 4 is 17.7 Å². The molecule has 0 atom stereocenters. The molecule has 0 rings (SSSR count). The molecule has 0 aliphatic heterocycles. The van der Waals surface area contributed by atoms with Gasteiger partial charge in [-0.05, 0) is 0 Å². The smallest absolute Gasteiger partial charge is 0.420 e. The third-order valence-electron chi connectivity index (χ3n) is 0.463. The zero-order valence-corrected chi connectivity index (χ0v) is 4.03. The monoisotopic (exact) mass is 134 g/mol. The van der Waals surface area contributed by atoms with Crippen molar-refractivity contribution in [3.8, 4) is 0 Å². The van der Waals surface area contributed by atoms with Gasteiger partial charge >= 0.3 is 17.7 Å². The Morgan fingerprint density at radius 2 is 1.67 bits per heavy atom. The summed E-state index contributed by atoms with van der Waals surface area (Å²) in [6.07, 6.45) is 0. The van der Waals surface area contributed by atoms with Gasteiger partial charge in [-0.3, -0.25) is 9.68 Å². The summed E-state index contributed by atoms with van der Waals surface area (Å²) < 4.78 is 0. The van der Waals surface area contributed by atoms with E-state index in [0.29, 0.717) is 0 Å². The summed E-state index contributed by atoms with van der Waals surface area (Å²) in [5, 5.41) is 15.1. The van der Waals surface area contributed by atoms with Gasteiger partial charge < -0.3 is 5.11 Å². The molecule has 0 amide bonds. The number of carbonyl (C=O) groups excluding carboxylic acids is 2. The van der Waals surface area contributed by atoms with Crippen molar-refractivity contribution in [1.29, 1.82) is 0 Å². The van der Waals surface area contributed by atoms with Crippen LogP contribution in [-0.2, 0) is 19.3 Å². The van der Waals surface area contributed by atoms with Gasteiger partial charge in [-0.2, -0.15) is 5.26 Å². The summed E-state index contributed by atoms with van der Waals surface area (Å²) in [6, 6.07) is 0. The molecule has 0 spiro atoms. The fourth-order valence-electron chi connectivity index (χ4n) is 0.129. The Morgan fingerprint density at radius 1 is 1.22 bits per heavy atom. The van der Waals surface area contributed by atoms with Crippen LogP contribution in [-0.4, -0.2) is 28.1 Å². The minimum atomic E-state index is -1.96. The maximum absolute atomic E-state index is 9.84. The minimum absolute atomic E-state index is 1.80. The Balaban J connectivity index is 4.05. The van der Waals surface area contributed by atoms with Crippen LogP contribution in [0.1, 0.15) is 0 Å². The van der Waals surface area contributed by atoms with Gasteiger partial charge in [0.25, 0.3) is 0 Å². The Kier molecular flexibility index (Phi) is 2.33. The number of ketones is 1. The number of carboxylic acid groups (broad SMARTS) is 1. The zero-order valence-electron chi connectivity index (χ0n) is 4.03. The van der Waals surface area contributed by atoms with Crippen LogP contribution in [0.15, 0.2) is 0 Å². The standard InChI is InChI=1S/C3H2O6/c4-1(2(5)6)3(7)9-8/h8H,(H,5,6). The number of hydrogen-bond donors (Lipinski definition) is 2. The van der Waals surface area contributed by atoms with Gasteiger partial charge in [-0.25, -0.2) is 9.59 Å². The van der Waals surface area contributed by atoms with Gasteiger partial charge in [-0.15, -0.1) is 0 Å². The first-order valence-corrected chi connectivity index (χ1v) is 1.72. The number of carboxylic acids is 1. The molecule has 0 aromatic rings. The third kappa shape index (κ3) is 1.87. The van der Waals surface area contributed by atoms with Crippen LogP contribution in [0.2, 0.25) is 0 Å². The number of Topliss-reactive ketones (excluding diaryl/α,β-unsaturated/α-hetero) is 1. The highest BCUT2D eigenvalue weighted by atomic mass is 17.1. The van der Waals surface area contributed by atoms with E-state index in [1.165, 1.54) is 0 Å². The number of aliphatic carboxylic acids is 1. The summed E-state index contributed by atoms with van der Waals surface area (Å²) in [6.45, 7) is 0. The van der Waals surface area contributed by atoms with Crippen molar-refractivity contribution < 1.29 is 29.6 Å². The third-order valence-corrected chi connectivity index (χ3v) is 0.463. The molecule has 0 unspecified atom stereocenters. The van der Waals surface area contributed by atoms with E-state index in [4.69, 9.17) is 10.4 Å². The van der Waals surface area contributed by atoms with E-state index in [2.05, 4.69) is 4.89 Å². The van der Waals surface area contributed by atoms with Crippen LogP contribution < -0.4 is 0 Å². The molecule has 0 fully saturated rings. The molecule has 50 valence electrons. The second kappa shape index (κ2) is 2.78. The van der Waals surface area contributed by atoms with Crippen LogP contribution in [0, 0.1) is 0 Å². The maximum atomic E-state index is 9.84. The number of rotatable bonds is 2. The largest absolute Gasteiger partial charge is 0.475 e. The predicted octanol–water partition coefficient (Wildman–Crippen LogP) is -1.34. The lowest BCUT2D eigenvalue weighted by molar-refractivity contribution is -0.232. The summed E-state index contributed by atoms with van der Waals surface area (Å²) in [5.41, 5.74) is 0. The summed E-state index contributed by atoms with van der Waals surface area (Å²) in [4.78, 5) is 31.9. The van der Waals surface area contributed by atoms with Gasteiger partial charge in [0.05, 0.1) is 0 Å². The molecule has 0 aromatic carbocycles. The zero-order chi connectivity index (χ0) is 7.44. The fraction of sp³-hybridized carbons (Fsp3) is 0. The lowest BCUT2D eigenvalue weighted by Gasteiger charge is -1.86. The first-order valence-electron chi connectivity index (χ1n) is 1.72. The Bertz CT molecular complexity index is 158. The number of carbonyl (C=O) groups is 3. The average Bonchev–Trinajstić information content (AvgIpc) is 1.84. The van der Waals surface area contributed by atoms with Crippen molar-refractivity contribution in [3.63, 3.8) is 0 Å². The SMILES string of the molecule is O=C(O)C(=O)C(=O)OO. The molecule has 0 saturated heterocycles. The minimum Gasteiger partial charge on any atom is -0.475 e. The molecule has 9 heavy (non-hydrogen) atoms. The van der Waals surface area contributed by atoms with E-state index in [1.807, 2.05) is 0 Å². The molecule has 6 heteroatoms. The van der Waals surface area contributed by atoms with E-state index >= 15 is 0 Å². The highest BCUT2D eigenvalue weighted by molar-refractivity contribution is 6.59. The van der Waals surface area contributed by atoms with E-state index in [-0.39, 0.29) is 0 Å². The molecular formula is C3H2O6. The van der Waals surface area contributed by atoms with Gasteiger partial charge in [0.1, 0.15) is 0 Å². The Hall–Kier alpha value is -1.43. The molecule has 0 heterocycles. The second-order valence-corrected chi connectivity index (χ2v) is 1.01. The van der Waals surface area contributed by atoms with Crippen LogP contribution >= 0.6 is 0 Å². The summed E-state index contributed by atoms with van der Waals surface area (Å²) >= 11 is 0. The first-order chi connectivity index (χ1) is 4.09. The van der Waals surface area contributed by atoms with Gasteiger partial charge in [-0.1, -0.05) is 0 Å². The maximum Gasteiger partial charge on any atom is 0.420 e. The average molecular weight is 134 g/mol. The quantitative estimate of drug-likeness (QED) is 0.209. The van der Waals surface area contributed by atoms with Crippen LogP contribution in [0.3, 0.4) is 0 Å². The van der Waals surface area contributed by atoms with E-state index in [9.17, 15) is 14.4 Å². The molecule has 2 N–H and O–H groups in total. The topological polar surface area (TPSA) is 101 Å². The van der Waals surface area contributed by atoms with Crippen LogP contribution in [0.5, 0.6) is 0 Å². The summed E-state index contributed by atoms with van der Waals surface area (Å²) in [5.74, 6) is -5.57. The van der Waals surface area contributed by atoms with E-state index < -0.39 is 17.7 Å². The normalized spacial score (nSPS) is 8.11. The molecular weight excluding hydrogens is 132 g/mol. The van der Waals surface area contributed by atoms with Crippen LogP contribution in [0.4, 0.5) is 0 Å². The van der Waals surface area contributed by atoms with Gasteiger partial charge in [0, 0.05) is 0 Å². The molecule has 0 bridgehead atoms. The highest BCUT2D eigenvalue weighted by Crippen LogP contribution is 1.76. The highest BCUT2D eigenvalue weighted by Gasteiger charge is 2.23. The lowest BCUT2D eigenvalue weighted by atomic mass is 10.4. The molecule has 0 aliphatic carbocycles. The lowest BCUT2D eigenvalue weighted by Crippen LogP contribution is -2.24. The van der Waals surface area contributed by atoms with Crippen molar-refractivity contribution in [2.24, 2.45) is 0 Å². The van der Waals surface area contributed by atoms with Crippen molar-refractivity contribution in [3.05, 3.63) is 0 Å². The second-order valence-electron chi connectivity index (χ2n) is 1.01. The first kappa shape index (κ1) is 7.57. The summed E-state index contributed by atoms with van der Waals surface area (Å²) in [7, 11) is 0. The molecule has 0 aliphatic rings. The van der Waals surface area contributed by atoms with Crippen molar-refractivity contribution in [2.45, 2.75) is 0 Å².